The van der Waals surface area contributed by atoms with Gasteiger partial charge in [-0.1, -0.05) is 44.2 Å². The van der Waals surface area contributed by atoms with E-state index in [9.17, 15) is 5.11 Å². The third-order valence-corrected chi connectivity index (χ3v) is 2.05. The lowest BCUT2D eigenvalue weighted by Gasteiger charge is -2.12. The molecule has 70 valence electrons. The van der Waals surface area contributed by atoms with Crippen LogP contribution in [0.4, 0.5) is 0 Å². The largest absolute Gasteiger partial charge is 0.512 e. The van der Waals surface area contributed by atoms with E-state index < -0.39 is 0 Å². The Morgan fingerprint density at radius 3 is 2.08 bits per heavy atom. The molecule has 1 N–H and O–H groups in total. The van der Waals surface area contributed by atoms with Crippen molar-refractivity contribution in [3.63, 3.8) is 0 Å². The average Bonchev–Trinajstić information content (AvgIpc) is 2.04. The normalized spacial score (nSPS) is 12.9. The Kier molecular flexibility index (Phi) is 3.13. The summed E-state index contributed by atoms with van der Waals surface area (Å²) in [5.41, 5.74) is 2.14. The summed E-state index contributed by atoms with van der Waals surface area (Å²) in [7, 11) is 0. The standard InChI is InChI=1S/C12H16O/c1-9(2)12(10(3)13)11-7-5-4-6-8-11/h4-9,13H,1-3H3. The highest BCUT2D eigenvalue weighted by molar-refractivity contribution is 5.68. The second-order valence-corrected chi connectivity index (χ2v) is 3.52. The van der Waals surface area contributed by atoms with Gasteiger partial charge in [-0.15, -0.1) is 0 Å². The predicted octanol–water partition coefficient (Wildman–Crippen LogP) is 3.63. The summed E-state index contributed by atoms with van der Waals surface area (Å²) >= 11 is 0. The number of rotatable bonds is 2. The van der Waals surface area contributed by atoms with Crippen LogP contribution in [-0.4, -0.2) is 5.11 Å². The van der Waals surface area contributed by atoms with E-state index in [2.05, 4.69) is 13.8 Å². The Balaban J connectivity index is 3.12. The Labute approximate surface area is 79.7 Å². The first-order valence-corrected chi connectivity index (χ1v) is 4.58. The van der Waals surface area contributed by atoms with Crippen LogP contribution in [0.1, 0.15) is 26.3 Å². The molecule has 0 amide bonds. The van der Waals surface area contributed by atoms with Gasteiger partial charge in [0.15, 0.2) is 0 Å². The summed E-state index contributed by atoms with van der Waals surface area (Å²) in [6.45, 7) is 5.91. The highest BCUT2D eigenvalue weighted by Crippen LogP contribution is 2.25. The number of hydrogen-bond donors (Lipinski definition) is 1. The van der Waals surface area contributed by atoms with Crippen LogP contribution in [0, 0.1) is 5.92 Å². The number of allylic oxidation sites excluding steroid dienone is 2. The average molecular weight is 176 g/mol. The summed E-state index contributed by atoms with van der Waals surface area (Å²) in [4.78, 5) is 0. The van der Waals surface area contributed by atoms with Gasteiger partial charge in [0.1, 0.15) is 0 Å². The maximum Gasteiger partial charge on any atom is 0.0932 e. The summed E-state index contributed by atoms with van der Waals surface area (Å²) < 4.78 is 0. The molecule has 0 atom stereocenters. The van der Waals surface area contributed by atoms with Crippen molar-refractivity contribution in [1.29, 1.82) is 0 Å². The molecule has 1 aromatic carbocycles. The SMILES string of the molecule is CC(O)=C(c1ccccc1)C(C)C. The maximum absolute atomic E-state index is 9.52. The molecule has 0 aromatic heterocycles. The minimum absolute atomic E-state index is 0.354. The fraction of sp³-hybridized carbons (Fsp3) is 0.333. The molecule has 0 spiro atoms. The lowest BCUT2D eigenvalue weighted by molar-refractivity contribution is 0.412. The van der Waals surface area contributed by atoms with Crippen molar-refractivity contribution in [3.05, 3.63) is 41.7 Å². The molecular formula is C12H16O. The second kappa shape index (κ2) is 4.13. The first-order chi connectivity index (χ1) is 6.13. The lowest BCUT2D eigenvalue weighted by atomic mass is 9.94. The van der Waals surface area contributed by atoms with Crippen molar-refractivity contribution in [2.24, 2.45) is 5.92 Å². The number of aliphatic hydroxyl groups excluding tert-OH is 1. The van der Waals surface area contributed by atoms with Gasteiger partial charge < -0.3 is 5.11 Å². The molecule has 0 radical (unpaired) electrons. The van der Waals surface area contributed by atoms with Gasteiger partial charge in [0.25, 0.3) is 0 Å². The topological polar surface area (TPSA) is 20.2 Å². The van der Waals surface area contributed by atoms with E-state index in [0.29, 0.717) is 11.7 Å². The molecule has 1 nitrogen and oxygen atoms in total. The number of benzene rings is 1. The molecule has 0 heterocycles. The lowest BCUT2D eigenvalue weighted by Crippen LogP contribution is -1.96. The smallest absolute Gasteiger partial charge is 0.0932 e. The van der Waals surface area contributed by atoms with Crippen LogP contribution in [-0.2, 0) is 0 Å². The Bertz CT molecular complexity index is 292. The molecule has 0 aliphatic heterocycles. The van der Waals surface area contributed by atoms with Crippen LogP contribution in [0.3, 0.4) is 0 Å². The summed E-state index contributed by atoms with van der Waals surface area (Å²) in [6, 6.07) is 10.00. The van der Waals surface area contributed by atoms with Crippen molar-refractivity contribution in [1.82, 2.24) is 0 Å². The predicted molar refractivity (Wildman–Crippen MR) is 56.5 cm³/mol. The van der Waals surface area contributed by atoms with E-state index in [1.54, 1.807) is 6.92 Å². The third-order valence-electron chi connectivity index (χ3n) is 2.05. The maximum atomic E-state index is 9.52. The Morgan fingerprint density at radius 2 is 1.69 bits per heavy atom. The van der Waals surface area contributed by atoms with E-state index in [-0.39, 0.29) is 0 Å². The second-order valence-electron chi connectivity index (χ2n) is 3.52. The molecule has 1 aromatic rings. The van der Waals surface area contributed by atoms with E-state index in [1.807, 2.05) is 30.3 Å². The first-order valence-electron chi connectivity index (χ1n) is 4.58. The van der Waals surface area contributed by atoms with Crippen LogP contribution in [0.15, 0.2) is 36.1 Å². The fourth-order valence-electron chi connectivity index (χ4n) is 1.58. The molecule has 0 saturated heterocycles. The molecule has 0 saturated carbocycles. The summed E-state index contributed by atoms with van der Waals surface area (Å²) in [6.07, 6.45) is 0. The van der Waals surface area contributed by atoms with Gasteiger partial charge in [0.2, 0.25) is 0 Å². The van der Waals surface area contributed by atoms with Crippen molar-refractivity contribution in [2.75, 3.05) is 0 Å². The minimum atomic E-state index is 0.354. The quantitative estimate of drug-likeness (QED) is 0.682. The number of aliphatic hydroxyl groups is 1. The molecule has 0 unspecified atom stereocenters. The van der Waals surface area contributed by atoms with Gasteiger partial charge in [-0.3, -0.25) is 0 Å². The molecule has 1 heteroatoms. The van der Waals surface area contributed by atoms with Gasteiger partial charge in [0, 0.05) is 0 Å². The van der Waals surface area contributed by atoms with Crippen LogP contribution in [0.5, 0.6) is 0 Å². The highest BCUT2D eigenvalue weighted by atomic mass is 16.3. The summed E-state index contributed by atoms with van der Waals surface area (Å²) in [5.74, 6) is 0.772. The fourth-order valence-corrected chi connectivity index (χ4v) is 1.58. The van der Waals surface area contributed by atoms with Gasteiger partial charge >= 0.3 is 0 Å². The van der Waals surface area contributed by atoms with Crippen molar-refractivity contribution in [2.45, 2.75) is 20.8 Å². The van der Waals surface area contributed by atoms with Gasteiger partial charge in [-0.05, 0) is 24.0 Å². The van der Waals surface area contributed by atoms with Crippen molar-refractivity contribution < 1.29 is 5.11 Å². The van der Waals surface area contributed by atoms with Gasteiger partial charge in [0.05, 0.1) is 5.76 Å². The zero-order chi connectivity index (χ0) is 9.84. The van der Waals surface area contributed by atoms with Crippen LogP contribution in [0.2, 0.25) is 0 Å². The zero-order valence-electron chi connectivity index (χ0n) is 8.41. The van der Waals surface area contributed by atoms with Crippen molar-refractivity contribution in [3.8, 4) is 0 Å². The molecule has 13 heavy (non-hydrogen) atoms. The number of hydrogen-bond acceptors (Lipinski definition) is 1. The van der Waals surface area contributed by atoms with E-state index in [1.165, 1.54) is 0 Å². The van der Waals surface area contributed by atoms with E-state index in [0.717, 1.165) is 11.1 Å². The summed E-state index contributed by atoms with van der Waals surface area (Å²) in [5, 5.41) is 9.52. The zero-order valence-corrected chi connectivity index (χ0v) is 8.41. The highest BCUT2D eigenvalue weighted by Gasteiger charge is 2.08. The molecule has 0 bridgehead atoms. The van der Waals surface area contributed by atoms with Crippen LogP contribution < -0.4 is 0 Å². The molecule has 0 fully saturated rings. The van der Waals surface area contributed by atoms with E-state index in [4.69, 9.17) is 0 Å². The van der Waals surface area contributed by atoms with Gasteiger partial charge in [-0.2, -0.15) is 0 Å². The third kappa shape index (κ3) is 2.35. The van der Waals surface area contributed by atoms with Crippen LogP contribution >= 0.6 is 0 Å². The molecular weight excluding hydrogens is 160 g/mol. The monoisotopic (exact) mass is 176 g/mol. The minimum Gasteiger partial charge on any atom is -0.512 e. The first kappa shape index (κ1) is 9.85. The Morgan fingerprint density at radius 1 is 1.15 bits per heavy atom. The molecule has 0 aliphatic rings. The van der Waals surface area contributed by atoms with Crippen LogP contribution in [0.25, 0.3) is 5.57 Å². The van der Waals surface area contributed by atoms with E-state index >= 15 is 0 Å². The van der Waals surface area contributed by atoms with Gasteiger partial charge in [-0.25, -0.2) is 0 Å². The molecule has 1 rings (SSSR count). The van der Waals surface area contributed by atoms with Crippen molar-refractivity contribution >= 4 is 5.57 Å². The Hall–Kier alpha value is -1.24. The molecule has 0 aliphatic carbocycles.